The standard InChI is InChI=1S/C18H31N5O2.HI/c1-4-19-18(21-10-6-11-25-16-8-12-24-14-16)22-13-15-7-5-9-20-17(15)23(2)3;/h5,7,9,16H,4,6,8,10-14H2,1-3H3,(H2,19,21,22);1H. The lowest BCUT2D eigenvalue weighted by atomic mass is 10.2. The predicted molar refractivity (Wildman–Crippen MR) is 117 cm³/mol. The van der Waals surface area contributed by atoms with Gasteiger partial charge in [-0.2, -0.15) is 0 Å². The van der Waals surface area contributed by atoms with Crippen LogP contribution in [0.5, 0.6) is 0 Å². The number of halogens is 1. The lowest BCUT2D eigenvalue weighted by Gasteiger charge is -2.16. The van der Waals surface area contributed by atoms with E-state index in [2.05, 4.69) is 33.6 Å². The van der Waals surface area contributed by atoms with E-state index in [1.54, 1.807) is 6.20 Å². The molecular formula is C18H32IN5O2. The summed E-state index contributed by atoms with van der Waals surface area (Å²) in [5.74, 6) is 1.77. The second-order valence-electron chi connectivity index (χ2n) is 6.21. The molecule has 0 saturated carbocycles. The fourth-order valence-electron chi connectivity index (χ4n) is 2.64. The van der Waals surface area contributed by atoms with Gasteiger partial charge in [0.25, 0.3) is 0 Å². The SMILES string of the molecule is CCNC(=NCc1cccnc1N(C)C)NCCCOC1CCOC1.I. The molecule has 1 aromatic heterocycles. The molecule has 0 radical (unpaired) electrons. The van der Waals surface area contributed by atoms with Crippen LogP contribution < -0.4 is 15.5 Å². The van der Waals surface area contributed by atoms with Crippen molar-refractivity contribution >= 4 is 35.8 Å². The lowest BCUT2D eigenvalue weighted by molar-refractivity contribution is 0.0420. The van der Waals surface area contributed by atoms with E-state index in [9.17, 15) is 0 Å². The molecule has 2 heterocycles. The molecule has 1 saturated heterocycles. The van der Waals surface area contributed by atoms with E-state index in [-0.39, 0.29) is 30.1 Å². The van der Waals surface area contributed by atoms with Gasteiger partial charge in [0, 0.05) is 52.2 Å². The molecule has 0 aliphatic carbocycles. The van der Waals surface area contributed by atoms with Crippen LogP contribution in [0.15, 0.2) is 23.3 Å². The van der Waals surface area contributed by atoms with E-state index >= 15 is 0 Å². The fraction of sp³-hybridized carbons (Fsp3) is 0.667. The van der Waals surface area contributed by atoms with Gasteiger partial charge in [0.1, 0.15) is 5.82 Å². The Hall–Kier alpha value is -1.13. The van der Waals surface area contributed by atoms with Crippen molar-refractivity contribution in [1.82, 2.24) is 15.6 Å². The first kappa shape index (κ1) is 22.9. The molecule has 2 N–H and O–H groups in total. The Balaban J connectivity index is 0.00000338. The third kappa shape index (κ3) is 8.05. The van der Waals surface area contributed by atoms with Gasteiger partial charge in [-0.25, -0.2) is 9.98 Å². The Morgan fingerprint density at radius 3 is 2.96 bits per heavy atom. The number of hydrogen-bond donors (Lipinski definition) is 2. The second kappa shape index (κ2) is 13.1. The molecule has 0 spiro atoms. The van der Waals surface area contributed by atoms with Crippen LogP contribution in [0, 0.1) is 0 Å². The number of pyridine rings is 1. The van der Waals surface area contributed by atoms with Gasteiger partial charge in [0.2, 0.25) is 0 Å². The highest BCUT2D eigenvalue weighted by Crippen LogP contribution is 2.15. The van der Waals surface area contributed by atoms with Crippen molar-refractivity contribution in [3.8, 4) is 0 Å². The first-order valence-corrected chi connectivity index (χ1v) is 9.03. The van der Waals surface area contributed by atoms with E-state index in [4.69, 9.17) is 9.47 Å². The number of nitrogens with zero attached hydrogens (tertiary/aromatic N) is 3. The van der Waals surface area contributed by atoms with Crippen molar-refractivity contribution < 1.29 is 9.47 Å². The van der Waals surface area contributed by atoms with Gasteiger partial charge < -0.3 is 25.0 Å². The summed E-state index contributed by atoms with van der Waals surface area (Å²) in [5.41, 5.74) is 1.11. The van der Waals surface area contributed by atoms with Crippen molar-refractivity contribution in [2.24, 2.45) is 4.99 Å². The smallest absolute Gasteiger partial charge is 0.191 e. The quantitative estimate of drug-likeness (QED) is 0.246. The largest absolute Gasteiger partial charge is 0.379 e. The summed E-state index contributed by atoms with van der Waals surface area (Å²) >= 11 is 0. The van der Waals surface area contributed by atoms with E-state index < -0.39 is 0 Å². The topological polar surface area (TPSA) is 71.0 Å². The molecule has 1 unspecified atom stereocenters. The number of guanidine groups is 1. The highest BCUT2D eigenvalue weighted by molar-refractivity contribution is 14.0. The van der Waals surface area contributed by atoms with Gasteiger partial charge in [-0.3, -0.25) is 0 Å². The van der Waals surface area contributed by atoms with Crippen LogP contribution in [0.25, 0.3) is 0 Å². The van der Waals surface area contributed by atoms with Crippen LogP contribution in [-0.2, 0) is 16.0 Å². The lowest BCUT2D eigenvalue weighted by Crippen LogP contribution is -2.38. The normalized spacial score (nSPS) is 16.9. The molecule has 26 heavy (non-hydrogen) atoms. The van der Waals surface area contributed by atoms with Crippen molar-refractivity contribution in [3.63, 3.8) is 0 Å². The molecular weight excluding hydrogens is 445 g/mol. The Kier molecular flexibility index (Phi) is 11.5. The summed E-state index contributed by atoms with van der Waals surface area (Å²) in [6, 6.07) is 4.01. The van der Waals surface area contributed by atoms with Crippen LogP contribution in [0.2, 0.25) is 0 Å². The maximum atomic E-state index is 5.78. The predicted octanol–water partition coefficient (Wildman–Crippen LogP) is 2.02. The summed E-state index contributed by atoms with van der Waals surface area (Å²) in [7, 11) is 3.99. The maximum Gasteiger partial charge on any atom is 0.191 e. The first-order valence-electron chi connectivity index (χ1n) is 9.03. The number of aromatic nitrogens is 1. The van der Waals surface area contributed by atoms with Crippen molar-refractivity contribution in [3.05, 3.63) is 23.9 Å². The third-order valence-electron chi connectivity index (χ3n) is 3.90. The summed E-state index contributed by atoms with van der Waals surface area (Å²) < 4.78 is 11.1. The van der Waals surface area contributed by atoms with Crippen LogP contribution in [0.3, 0.4) is 0 Å². The van der Waals surface area contributed by atoms with Gasteiger partial charge in [-0.15, -0.1) is 24.0 Å². The molecule has 8 heteroatoms. The Bertz CT molecular complexity index is 536. The van der Waals surface area contributed by atoms with E-state index in [0.29, 0.717) is 6.54 Å². The molecule has 0 bridgehead atoms. The minimum Gasteiger partial charge on any atom is -0.379 e. The number of hydrogen-bond acceptors (Lipinski definition) is 5. The van der Waals surface area contributed by atoms with Crippen molar-refractivity contribution in [2.75, 3.05) is 51.9 Å². The molecule has 7 nitrogen and oxygen atoms in total. The second-order valence-corrected chi connectivity index (χ2v) is 6.21. The maximum absolute atomic E-state index is 5.78. The molecule has 0 aromatic carbocycles. The first-order chi connectivity index (χ1) is 12.2. The summed E-state index contributed by atoms with van der Waals surface area (Å²) in [6.45, 7) is 6.61. The molecule has 2 rings (SSSR count). The van der Waals surface area contributed by atoms with Gasteiger partial charge in [-0.1, -0.05) is 6.07 Å². The number of ether oxygens (including phenoxy) is 2. The number of anilines is 1. The number of nitrogens with one attached hydrogen (secondary N) is 2. The highest BCUT2D eigenvalue weighted by atomic mass is 127. The van der Waals surface area contributed by atoms with Gasteiger partial charge in [0.15, 0.2) is 5.96 Å². The average Bonchev–Trinajstić information content (AvgIpc) is 3.13. The Morgan fingerprint density at radius 2 is 2.27 bits per heavy atom. The Labute approximate surface area is 174 Å². The summed E-state index contributed by atoms with van der Waals surface area (Å²) in [4.78, 5) is 11.1. The van der Waals surface area contributed by atoms with Crippen LogP contribution in [0.4, 0.5) is 5.82 Å². The molecule has 1 aliphatic rings. The molecule has 1 fully saturated rings. The minimum absolute atomic E-state index is 0. The van der Waals surface area contributed by atoms with Gasteiger partial charge >= 0.3 is 0 Å². The monoisotopic (exact) mass is 477 g/mol. The van der Waals surface area contributed by atoms with Crippen LogP contribution >= 0.6 is 24.0 Å². The molecule has 1 aromatic rings. The van der Waals surface area contributed by atoms with E-state index in [1.807, 2.05) is 25.1 Å². The third-order valence-corrected chi connectivity index (χ3v) is 3.90. The Morgan fingerprint density at radius 1 is 1.42 bits per heavy atom. The van der Waals surface area contributed by atoms with Crippen molar-refractivity contribution in [1.29, 1.82) is 0 Å². The fourth-order valence-corrected chi connectivity index (χ4v) is 2.64. The number of rotatable bonds is 9. The van der Waals surface area contributed by atoms with E-state index in [1.165, 1.54) is 0 Å². The highest BCUT2D eigenvalue weighted by Gasteiger charge is 2.15. The zero-order chi connectivity index (χ0) is 17.9. The minimum atomic E-state index is 0. The molecule has 1 atom stereocenters. The molecule has 1 aliphatic heterocycles. The average molecular weight is 477 g/mol. The molecule has 0 amide bonds. The van der Waals surface area contributed by atoms with Gasteiger partial charge in [-0.05, 0) is 25.8 Å². The van der Waals surface area contributed by atoms with E-state index in [0.717, 1.165) is 63.1 Å². The van der Waals surface area contributed by atoms with Gasteiger partial charge in [0.05, 0.1) is 19.3 Å². The molecule has 148 valence electrons. The zero-order valence-electron chi connectivity index (χ0n) is 16.0. The van der Waals surface area contributed by atoms with Crippen molar-refractivity contribution in [2.45, 2.75) is 32.4 Å². The summed E-state index contributed by atoms with van der Waals surface area (Å²) in [5, 5.41) is 6.64. The summed E-state index contributed by atoms with van der Waals surface area (Å²) in [6.07, 6.45) is 4.03. The van der Waals surface area contributed by atoms with Crippen LogP contribution in [-0.4, -0.2) is 64.1 Å². The zero-order valence-corrected chi connectivity index (χ0v) is 18.4. The number of aliphatic imine (C=N–C) groups is 1. The van der Waals surface area contributed by atoms with Crippen LogP contribution in [0.1, 0.15) is 25.3 Å².